The van der Waals surface area contributed by atoms with Crippen molar-refractivity contribution in [2.24, 2.45) is 0 Å². The van der Waals surface area contributed by atoms with Crippen LogP contribution in [0.5, 0.6) is 5.75 Å². The largest absolute Gasteiger partial charge is 0.485 e. The summed E-state index contributed by atoms with van der Waals surface area (Å²) in [5, 5.41) is 16.8. The van der Waals surface area contributed by atoms with Crippen molar-refractivity contribution in [2.45, 2.75) is 31.6 Å². The first-order valence-electron chi connectivity index (χ1n) is 10.1. The molecule has 4 rings (SSSR count). The Morgan fingerprint density at radius 1 is 1.06 bits per heavy atom. The molecule has 0 fully saturated rings. The molecule has 0 bridgehead atoms. The number of aliphatic hydroxyl groups is 1. The van der Waals surface area contributed by atoms with E-state index in [9.17, 15) is 19.4 Å². The van der Waals surface area contributed by atoms with Crippen molar-refractivity contribution in [1.29, 1.82) is 0 Å². The number of hydrogen-bond donors (Lipinski definition) is 4. The number of nitrogens with zero attached hydrogens (tertiary/aromatic N) is 1. The molecule has 0 radical (unpaired) electrons. The number of aromatic nitrogens is 1. The van der Waals surface area contributed by atoms with E-state index in [1.54, 1.807) is 74.6 Å². The highest BCUT2D eigenvalue weighted by Gasteiger charge is 2.44. The molecule has 4 N–H and O–H groups in total. The van der Waals surface area contributed by atoms with E-state index in [1.807, 2.05) is 0 Å². The van der Waals surface area contributed by atoms with Crippen molar-refractivity contribution in [3.8, 4) is 5.75 Å². The molecule has 8 nitrogen and oxygen atoms in total. The average molecular weight is 453 g/mol. The van der Waals surface area contributed by atoms with Gasteiger partial charge in [-0.25, -0.2) is 9.78 Å². The van der Waals surface area contributed by atoms with Gasteiger partial charge in [0.05, 0.1) is 6.04 Å². The van der Waals surface area contributed by atoms with Gasteiger partial charge in [-0.1, -0.05) is 24.3 Å². The number of pyridine rings is 1. The molecule has 2 amide bonds. The van der Waals surface area contributed by atoms with Crippen LogP contribution in [0.15, 0.2) is 72.9 Å². The first-order chi connectivity index (χ1) is 15.2. The standard InChI is InChI=1S/C23H24N3O5P/c1-23(2)21(27)20(26-22(28)25-19-10-6-7-13-24-19)17-14-16(11-12-18(17)31-23)32(29,30)15-8-4-3-5-9-15/h3-14,20-21,27H,1-2H3,(H,29,30)(H2,24,25,26,28)/t20-,21+/m1/s1. The molecule has 0 saturated carbocycles. The van der Waals surface area contributed by atoms with Crippen molar-refractivity contribution in [3.63, 3.8) is 0 Å². The summed E-state index contributed by atoms with van der Waals surface area (Å²) in [6.07, 6.45) is 0.431. The van der Waals surface area contributed by atoms with Gasteiger partial charge in [-0.2, -0.15) is 0 Å². The molecule has 3 atom stereocenters. The summed E-state index contributed by atoms with van der Waals surface area (Å²) in [5.41, 5.74) is -0.588. The number of aliphatic hydroxyl groups excluding tert-OH is 1. The maximum Gasteiger partial charge on any atom is 0.320 e. The SMILES string of the molecule is CC1(C)Oc2ccc(P(=O)(O)c3ccccc3)cc2[C@@H](NC(=O)Nc2ccccn2)[C@@H]1O. The molecule has 1 aromatic heterocycles. The van der Waals surface area contributed by atoms with E-state index in [0.717, 1.165) is 0 Å². The zero-order chi connectivity index (χ0) is 22.9. The molecule has 32 heavy (non-hydrogen) atoms. The molecular formula is C23H24N3O5P. The third-order valence-corrected chi connectivity index (χ3v) is 7.35. The number of benzene rings is 2. The Morgan fingerprint density at radius 2 is 1.78 bits per heavy atom. The van der Waals surface area contributed by atoms with E-state index in [-0.39, 0.29) is 10.6 Å². The minimum absolute atomic E-state index is 0.176. The van der Waals surface area contributed by atoms with Crippen LogP contribution in [0.3, 0.4) is 0 Å². The second-order valence-electron chi connectivity index (χ2n) is 8.08. The fraction of sp³-hybridized carbons (Fsp3) is 0.217. The Labute approximate surface area is 185 Å². The smallest absolute Gasteiger partial charge is 0.320 e. The van der Waals surface area contributed by atoms with E-state index in [2.05, 4.69) is 15.6 Å². The van der Waals surface area contributed by atoms with Gasteiger partial charge in [0.15, 0.2) is 0 Å². The highest BCUT2D eigenvalue weighted by Crippen LogP contribution is 2.44. The number of nitrogens with one attached hydrogen (secondary N) is 2. The van der Waals surface area contributed by atoms with Gasteiger partial charge >= 0.3 is 6.03 Å². The van der Waals surface area contributed by atoms with Gasteiger partial charge in [0.25, 0.3) is 7.37 Å². The summed E-state index contributed by atoms with van der Waals surface area (Å²) < 4.78 is 19.2. The minimum Gasteiger partial charge on any atom is -0.485 e. The summed E-state index contributed by atoms with van der Waals surface area (Å²) in [4.78, 5) is 27.5. The predicted octanol–water partition coefficient (Wildman–Crippen LogP) is 2.70. The van der Waals surface area contributed by atoms with Crippen LogP contribution in [-0.4, -0.2) is 32.7 Å². The topological polar surface area (TPSA) is 121 Å². The molecule has 1 unspecified atom stereocenters. The van der Waals surface area contributed by atoms with E-state index in [4.69, 9.17) is 4.74 Å². The van der Waals surface area contributed by atoms with Crippen LogP contribution in [0.1, 0.15) is 25.5 Å². The lowest BCUT2D eigenvalue weighted by Gasteiger charge is -2.42. The van der Waals surface area contributed by atoms with E-state index in [0.29, 0.717) is 17.1 Å². The average Bonchev–Trinajstić information content (AvgIpc) is 2.77. The summed E-state index contributed by atoms with van der Waals surface area (Å²) in [6, 6.07) is 16.6. The minimum atomic E-state index is -3.89. The van der Waals surface area contributed by atoms with Gasteiger partial charge in [0.1, 0.15) is 23.3 Å². The summed E-state index contributed by atoms with van der Waals surface area (Å²) in [5.74, 6) is 0.768. The van der Waals surface area contributed by atoms with Gasteiger partial charge < -0.3 is 20.1 Å². The van der Waals surface area contributed by atoms with Crippen molar-refractivity contribution in [1.82, 2.24) is 10.3 Å². The zero-order valence-electron chi connectivity index (χ0n) is 17.6. The molecule has 0 saturated heterocycles. The molecule has 166 valence electrons. The lowest BCUT2D eigenvalue weighted by Crippen LogP contribution is -2.54. The van der Waals surface area contributed by atoms with Gasteiger partial charge in [-0.15, -0.1) is 0 Å². The number of carbonyl (C=O) groups is 1. The number of ether oxygens (including phenoxy) is 1. The number of urea groups is 1. The van der Waals surface area contributed by atoms with Gasteiger partial charge in [-0.05, 0) is 56.3 Å². The van der Waals surface area contributed by atoms with Crippen LogP contribution in [-0.2, 0) is 4.57 Å². The normalized spacial score (nSPS) is 20.9. The molecule has 1 aliphatic rings. The van der Waals surface area contributed by atoms with E-state index < -0.39 is 31.1 Å². The number of anilines is 1. The van der Waals surface area contributed by atoms with E-state index in [1.165, 1.54) is 12.1 Å². The lowest BCUT2D eigenvalue weighted by atomic mass is 9.86. The van der Waals surface area contributed by atoms with Crippen LogP contribution in [0, 0.1) is 0 Å². The summed E-state index contributed by atoms with van der Waals surface area (Å²) >= 11 is 0. The molecule has 0 spiro atoms. The lowest BCUT2D eigenvalue weighted by molar-refractivity contribution is -0.0618. The first-order valence-corrected chi connectivity index (χ1v) is 11.7. The van der Waals surface area contributed by atoms with Gasteiger partial charge in [-0.3, -0.25) is 9.88 Å². The highest BCUT2D eigenvalue weighted by molar-refractivity contribution is 7.73. The van der Waals surface area contributed by atoms with Crippen molar-refractivity contribution in [2.75, 3.05) is 5.32 Å². The fourth-order valence-electron chi connectivity index (χ4n) is 3.64. The summed E-state index contributed by atoms with van der Waals surface area (Å²) in [7, 11) is -3.89. The second-order valence-corrected chi connectivity index (χ2v) is 10.3. The Morgan fingerprint density at radius 3 is 2.47 bits per heavy atom. The van der Waals surface area contributed by atoms with E-state index >= 15 is 0 Å². The molecule has 3 aromatic rings. The fourth-order valence-corrected chi connectivity index (χ4v) is 5.11. The monoisotopic (exact) mass is 453 g/mol. The Hall–Kier alpha value is -3.19. The second kappa shape index (κ2) is 8.39. The quantitative estimate of drug-likeness (QED) is 0.451. The maximum atomic E-state index is 13.2. The van der Waals surface area contributed by atoms with Crippen LogP contribution in [0.2, 0.25) is 0 Å². The first kappa shape index (κ1) is 22.0. The third-order valence-electron chi connectivity index (χ3n) is 5.38. The van der Waals surface area contributed by atoms with Crippen molar-refractivity contribution in [3.05, 3.63) is 78.5 Å². The molecule has 2 aromatic carbocycles. The van der Waals surface area contributed by atoms with Crippen LogP contribution >= 0.6 is 7.37 Å². The highest BCUT2D eigenvalue weighted by atomic mass is 31.2. The van der Waals surface area contributed by atoms with Crippen LogP contribution < -0.4 is 26.0 Å². The predicted molar refractivity (Wildman–Crippen MR) is 122 cm³/mol. The van der Waals surface area contributed by atoms with Crippen molar-refractivity contribution >= 4 is 29.8 Å². The number of carbonyl (C=O) groups excluding carboxylic acids is 1. The Bertz CT molecular complexity index is 1170. The Kier molecular flexibility index (Phi) is 5.77. The molecule has 9 heteroatoms. The number of rotatable bonds is 4. The number of hydrogen-bond acceptors (Lipinski definition) is 5. The number of amides is 2. The molecule has 1 aliphatic heterocycles. The third kappa shape index (κ3) is 4.25. The summed E-state index contributed by atoms with van der Waals surface area (Å²) in [6.45, 7) is 3.42. The van der Waals surface area contributed by atoms with Gasteiger partial charge in [0.2, 0.25) is 0 Å². The number of fused-ring (bicyclic) bond motifs is 1. The zero-order valence-corrected chi connectivity index (χ0v) is 18.5. The maximum absolute atomic E-state index is 13.2. The van der Waals surface area contributed by atoms with Crippen LogP contribution in [0.4, 0.5) is 10.6 Å². The van der Waals surface area contributed by atoms with Crippen LogP contribution in [0.25, 0.3) is 0 Å². The molecule has 0 aliphatic carbocycles. The van der Waals surface area contributed by atoms with Gasteiger partial charge in [0, 0.05) is 22.4 Å². The molecular weight excluding hydrogens is 429 g/mol. The van der Waals surface area contributed by atoms with Crippen molar-refractivity contribution < 1.29 is 24.1 Å². The molecule has 2 heterocycles. The Balaban J connectivity index is 1.69.